The van der Waals surface area contributed by atoms with Gasteiger partial charge < -0.3 is 18.9 Å². The summed E-state index contributed by atoms with van der Waals surface area (Å²) < 4.78 is 48.3. The molecule has 2 rings (SSSR count). The number of hydrogen-bond donors (Lipinski definition) is 0. The first-order valence-corrected chi connectivity index (χ1v) is 9.86. The lowest BCUT2D eigenvalue weighted by molar-refractivity contribution is -0.134. The highest BCUT2D eigenvalue weighted by Gasteiger charge is 2.33. The average molecular weight is 399 g/mol. The Hall–Kier alpha value is -2.10. The third-order valence-corrected chi connectivity index (χ3v) is 6.34. The molecule has 9 heteroatoms. The summed E-state index contributed by atoms with van der Waals surface area (Å²) in [6, 6.07) is 3.05. The number of nitrogens with zero attached hydrogens (tertiary/aromatic N) is 1. The molecule has 0 spiro atoms. The van der Waals surface area contributed by atoms with E-state index in [-0.39, 0.29) is 22.5 Å². The van der Waals surface area contributed by atoms with Gasteiger partial charge in [-0.05, 0) is 36.6 Å². The highest BCUT2D eigenvalue weighted by atomic mass is 32.2. The summed E-state index contributed by atoms with van der Waals surface area (Å²) >= 11 is 0. The fourth-order valence-electron chi connectivity index (χ4n) is 2.92. The molecule has 0 amide bonds. The van der Waals surface area contributed by atoms with Gasteiger partial charge in [-0.2, -0.15) is 4.31 Å². The second-order valence-corrected chi connectivity index (χ2v) is 7.86. The molecule has 0 aromatic heterocycles. The standard InChI is InChI=1S/C18H25NO7S/c1-23-14-7-9-19(10-8-14)27(21,22)16-12-13(5-6-17(20)25-3)11-15(24-2)18(16)26-4/h5-6,11-12,14H,7-10H2,1-4H3/b6-5+. The largest absolute Gasteiger partial charge is 0.493 e. The van der Waals surface area contributed by atoms with E-state index in [0.29, 0.717) is 31.5 Å². The van der Waals surface area contributed by atoms with E-state index in [2.05, 4.69) is 4.74 Å². The second kappa shape index (κ2) is 9.20. The van der Waals surface area contributed by atoms with E-state index in [4.69, 9.17) is 14.2 Å². The van der Waals surface area contributed by atoms with Crippen LogP contribution >= 0.6 is 0 Å². The van der Waals surface area contributed by atoms with Crippen molar-refractivity contribution >= 4 is 22.1 Å². The Bertz CT molecular complexity index is 796. The first-order valence-electron chi connectivity index (χ1n) is 8.42. The Labute approximate surface area is 159 Å². The van der Waals surface area contributed by atoms with Crippen molar-refractivity contribution in [2.45, 2.75) is 23.8 Å². The number of ether oxygens (including phenoxy) is 4. The maximum Gasteiger partial charge on any atom is 0.330 e. The molecule has 1 saturated heterocycles. The SMILES string of the molecule is COC(=O)/C=C/c1cc(OC)c(OC)c(S(=O)(=O)N2CCC(OC)CC2)c1. The van der Waals surface area contributed by atoms with Gasteiger partial charge in [0.1, 0.15) is 4.90 Å². The summed E-state index contributed by atoms with van der Waals surface area (Å²) in [5.41, 5.74) is 0.475. The van der Waals surface area contributed by atoms with E-state index in [1.165, 1.54) is 43.9 Å². The molecule has 0 bridgehead atoms. The summed E-state index contributed by atoms with van der Waals surface area (Å²) in [5, 5.41) is 0. The Kier molecular flexibility index (Phi) is 7.23. The van der Waals surface area contributed by atoms with Gasteiger partial charge in [0, 0.05) is 26.3 Å². The molecular formula is C18H25NO7S. The number of carbonyl (C=O) groups is 1. The number of rotatable bonds is 7. The summed E-state index contributed by atoms with van der Waals surface area (Å²) in [7, 11) is 1.89. The summed E-state index contributed by atoms with van der Waals surface area (Å²) in [4.78, 5) is 11.3. The maximum atomic E-state index is 13.2. The minimum atomic E-state index is -3.81. The van der Waals surface area contributed by atoms with E-state index >= 15 is 0 Å². The molecule has 150 valence electrons. The summed E-state index contributed by atoms with van der Waals surface area (Å²) in [5.74, 6) is -0.160. The Morgan fingerprint density at radius 2 is 1.78 bits per heavy atom. The minimum Gasteiger partial charge on any atom is -0.493 e. The van der Waals surface area contributed by atoms with Gasteiger partial charge in [0.25, 0.3) is 0 Å². The van der Waals surface area contributed by atoms with Crippen molar-refractivity contribution in [2.75, 3.05) is 41.5 Å². The first-order chi connectivity index (χ1) is 12.9. The third-order valence-electron chi connectivity index (χ3n) is 4.43. The molecule has 0 saturated carbocycles. The fraction of sp³-hybridized carbons (Fsp3) is 0.500. The van der Waals surface area contributed by atoms with Gasteiger partial charge in [-0.3, -0.25) is 0 Å². The van der Waals surface area contributed by atoms with Gasteiger partial charge in [0.15, 0.2) is 11.5 Å². The maximum absolute atomic E-state index is 13.2. The summed E-state index contributed by atoms with van der Waals surface area (Å²) in [6.45, 7) is 0.711. The van der Waals surface area contributed by atoms with Crippen LogP contribution in [0.15, 0.2) is 23.1 Å². The van der Waals surface area contributed by atoms with Crippen LogP contribution in [-0.2, 0) is 24.3 Å². The van der Waals surface area contributed by atoms with Gasteiger partial charge >= 0.3 is 5.97 Å². The predicted octanol–water partition coefficient (Wildman–Crippen LogP) is 1.69. The lowest BCUT2D eigenvalue weighted by atomic mass is 10.1. The van der Waals surface area contributed by atoms with Gasteiger partial charge in [-0.25, -0.2) is 13.2 Å². The van der Waals surface area contributed by atoms with Crippen molar-refractivity contribution in [1.29, 1.82) is 0 Å². The van der Waals surface area contributed by atoms with E-state index in [1.807, 2.05) is 0 Å². The number of esters is 1. The number of methoxy groups -OCH3 is 4. The van der Waals surface area contributed by atoms with E-state index < -0.39 is 16.0 Å². The monoisotopic (exact) mass is 399 g/mol. The van der Waals surface area contributed by atoms with Crippen LogP contribution in [0.5, 0.6) is 11.5 Å². The highest BCUT2D eigenvalue weighted by Crippen LogP contribution is 2.38. The highest BCUT2D eigenvalue weighted by molar-refractivity contribution is 7.89. The molecule has 1 aromatic rings. The smallest absolute Gasteiger partial charge is 0.330 e. The second-order valence-electron chi connectivity index (χ2n) is 5.95. The van der Waals surface area contributed by atoms with Crippen LogP contribution in [0.3, 0.4) is 0 Å². The molecule has 0 radical (unpaired) electrons. The van der Waals surface area contributed by atoms with E-state index in [1.54, 1.807) is 13.2 Å². The molecule has 0 N–H and O–H groups in total. The van der Waals surface area contributed by atoms with Gasteiger partial charge in [0.05, 0.1) is 27.4 Å². The zero-order chi connectivity index (χ0) is 20.0. The third kappa shape index (κ3) is 4.79. The number of sulfonamides is 1. The van der Waals surface area contributed by atoms with Gasteiger partial charge in [-0.15, -0.1) is 0 Å². The Morgan fingerprint density at radius 1 is 1.11 bits per heavy atom. The van der Waals surface area contributed by atoms with Crippen LogP contribution in [-0.4, -0.2) is 66.3 Å². The number of benzene rings is 1. The molecule has 27 heavy (non-hydrogen) atoms. The molecule has 0 unspecified atom stereocenters. The minimum absolute atomic E-state index is 0.00951. The van der Waals surface area contributed by atoms with Crippen molar-refractivity contribution in [3.63, 3.8) is 0 Å². The predicted molar refractivity (Wildman–Crippen MR) is 99.4 cm³/mol. The number of hydrogen-bond acceptors (Lipinski definition) is 7. The molecule has 0 atom stereocenters. The van der Waals surface area contributed by atoms with Crippen molar-refractivity contribution in [3.8, 4) is 11.5 Å². The lowest BCUT2D eigenvalue weighted by Gasteiger charge is -2.31. The van der Waals surface area contributed by atoms with Gasteiger partial charge in [-0.1, -0.05) is 0 Å². The van der Waals surface area contributed by atoms with Crippen molar-refractivity contribution in [3.05, 3.63) is 23.8 Å². The van der Waals surface area contributed by atoms with Crippen molar-refractivity contribution < 1.29 is 32.2 Å². The average Bonchev–Trinajstić information content (AvgIpc) is 2.70. The Balaban J connectivity index is 2.46. The first kappa shape index (κ1) is 21.2. The molecule has 1 aliphatic heterocycles. The Morgan fingerprint density at radius 3 is 2.30 bits per heavy atom. The molecule has 1 aromatic carbocycles. The molecule has 1 fully saturated rings. The van der Waals surface area contributed by atoms with Crippen molar-refractivity contribution in [1.82, 2.24) is 4.31 Å². The van der Waals surface area contributed by atoms with Crippen LogP contribution in [0.25, 0.3) is 6.08 Å². The fourth-order valence-corrected chi connectivity index (χ4v) is 4.59. The molecular weight excluding hydrogens is 374 g/mol. The normalized spacial score (nSPS) is 16.4. The van der Waals surface area contributed by atoms with Crippen LogP contribution in [0.4, 0.5) is 0 Å². The van der Waals surface area contributed by atoms with Crippen LogP contribution < -0.4 is 9.47 Å². The van der Waals surface area contributed by atoms with E-state index in [0.717, 1.165) is 0 Å². The van der Waals surface area contributed by atoms with Crippen LogP contribution in [0.1, 0.15) is 18.4 Å². The van der Waals surface area contributed by atoms with Crippen molar-refractivity contribution in [2.24, 2.45) is 0 Å². The van der Waals surface area contributed by atoms with Crippen LogP contribution in [0, 0.1) is 0 Å². The lowest BCUT2D eigenvalue weighted by Crippen LogP contribution is -2.40. The zero-order valence-corrected chi connectivity index (χ0v) is 16.7. The molecule has 0 aliphatic carbocycles. The molecule has 8 nitrogen and oxygen atoms in total. The quantitative estimate of drug-likeness (QED) is 0.509. The topological polar surface area (TPSA) is 91.4 Å². The zero-order valence-electron chi connectivity index (χ0n) is 15.9. The van der Waals surface area contributed by atoms with Gasteiger partial charge in [0.2, 0.25) is 10.0 Å². The van der Waals surface area contributed by atoms with Crippen LogP contribution in [0.2, 0.25) is 0 Å². The molecule has 1 aliphatic rings. The number of piperidine rings is 1. The number of carbonyl (C=O) groups excluding carboxylic acids is 1. The molecule has 1 heterocycles. The van der Waals surface area contributed by atoms with E-state index in [9.17, 15) is 13.2 Å². The summed E-state index contributed by atoms with van der Waals surface area (Å²) in [6.07, 6.45) is 3.97.